The van der Waals surface area contributed by atoms with E-state index in [1.54, 1.807) is 0 Å². The van der Waals surface area contributed by atoms with Gasteiger partial charge in [-0.05, 0) is 12.8 Å². The molecule has 1 rings (SSSR count). The van der Waals surface area contributed by atoms with E-state index in [0.29, 0.717) is 0 Å². The van der Waals surface area contributed by atoms with Crippen LogP contribution >= 0.6 is 0 Å². The van der Waals surface area contributed by atoms with Crippen LogP contribution in [-0.2, 0) is 9.59 Å². The van der Waals surface area contributed by atoms with Gasteiger partial charge < -0.3 is 25.1 Å². The maximum absolute atomic E-state index is 10.8. The lowest BCUT2D eigenvalue weighted by atomic mass is 10.0. The van der Waals surface area contributed by atoms with Crippen molar-refractivity contribution in [3.05, 3.63) is 0 Å². The van der Waals surface area contributed by atoms with Crippen LogP contribution in [0, 0.1) is 5.92 Å². The van der Waals surface area contributed by atoms with Gasteiger partial charge in [0.25, 0.3) is 0 Å². The van der Waals surface area contributed by atoms with Crippen LogP contribution in [0.5, 0.6) is 0 Å². The first-order valence-corrected chi connectivity index (χ1v) is 5.20. The third kappa shape index (κ3) is 3.20. The Balaban J connectivity index is 2.57. The fourth-order valence-corrected chi connectivity index (χ4v) is 1.90. The van der Waals surface area contributed by atoms with E-state index in [1.807, 2.05) is 0 Å². The fourth-order valence-electron chi connectivity index (χ4n) is 1.90. The van der Waals surface area contributed by atoms with Gasteiger partial charge in [0.05, 0.1) is 12.0 Å². The van der Waals surface area contributed by atoms with Crippen molar-refractivity contribution in [3.63, 3.8) is 0 Å². The monoisotopic (exact) mass is 213 g/mol. The zero-order chi connectivity index (χ0) is 11.4. The molecule has 2 atom stereocenters. The summed E-state index contributed by atoms with van der Waals surface area (Å²) in [5, 5.41) is 24.2. The minimum absolute atomic E-state index is 0.0923. The van der Waals surface area contributed by atoms with Gasteiger partial charge in [-0.2, -0.15) is 0 Å². The zero-order valence-electron chi connectivity index (χ0n) is 8.69. The lowest BCUT2D eigenvalue weighted by molar-refractivity contribution is -0.323. The predicted octanol–water partition coefficient (Wildman–Crippen LogP) is -1.98. The van der Waals surface area contributed by atoms with Crippen molar-refractivity contribution in [2.45, 2.75) is 44.7 Å². The molecule has 1 aliphatic carbocycles. The van der Waals surface area contributed by atoms with Crippen molar-refractivity contribution in [1.29, 1.82) is 0 Å². The molecular weight excluding hydrogens is 198 g/mol. The summed E-state index contributed by atoms with van der Waals surface area (Å²) in [4.78, 5) is 21.3. The van der Waals surface area contributed by atoms with Crippen molar-refractivity contribution in [2.24, 2.45) is 5.92 Å². The highest BCUT2D eigenvalue weighted by Gasteiger charge is 2.24. The number of nitrogens with one attached hydrogen (secondary N) is 1. The Labute approximate surface area is 88.5 Å². The molecule has 5 heteroatoms. The van der Waals surface area contributed by atoms with Gasteiger partial charge in [0.15, 0.2) is 0 Å². The molecule has 5 nitrogen and oxygen atoms in total. The van der Waals surface area contributed by atoms with Crippen molar-refractivity contribution in [1.82, 2.24) is 5.32 Å². The molecule has 0 radical (unpaired) electrons. The Morgan fingerprint density at radius 1 is 1.20 bits per heavy atom. The number of aliphatic carboxylic acids is 2. The second-order valence-electron chi connectivity index (χ2n) is 4.05. The molecule has 0 amide bonds. The van der Waals surface area contributed by atoms with E-state index in [2.05, 4.69) is 5.32 Å². The molecule has 86 valence electrons. The molecule has 0 aromatic carbocycles. The van der Waals surface area contributed by atoms with Crippen LogP contribution < -0.4 is 15.5 Å². The average molecular weight is 213 g/mol. The van der Waals surface area contributed by atoms with Crippen molar-refractivity contribution < 1.29 is 19.8 Å². The second kappa shape index (κ2) is 5.11. The molecule has 0 bridgehead atoms. The summed E-state index contributed by atoms with van der Waals surface area (Å²) in [6.07, 6.45) is 3.89. The molecular formula is C10H15NO4-2. The maximum Gasteiger partial charge on any atom is 0.0591 e. The molecule has 15 heavy (non-hydrogen) atoms. The summed E-state index contributed by atoms with van der Waals surface area (Å²) in [5.41, 5.74) is 0. The summed E-state index contributed by atoms with van der Waals surface area (Å²) in [6, 6.07) is -1.06. The van der Waals surface area contributed by atoms with Crippen molar-refractivity contribution in [2.75, 3.05) is 0 Å². The number of rotatable bonds is 5. The SMILES string of the molecule is CC(C(=O)[O-])C(NC1CCCC1)C(=O)[O-]. The van der Waals surface area contributed by atoms with E-state index in [1.165, 1.54) is 6.92 Å². The predicted molar refractivity (Wildman–Crippen MR) is 48.4 cm³/mol. The van der Waals surface area contributed by atoms with E-state index < -0.39 is 23.9 Å². The summed E-state index contributed by atoms with van der Waals surface area (Å²) in [7, 11) is 0. The first-order chi connectivity index (χ1) is 7.02. The quantitative estimate of drug-likeness (QED) is 0.571. The van der Waals surface area contributed by atoms with E-state index in [0.717, 1.165) is 25.7 Å². The molecule has 1 aliphatic rings. The third-order valence-electron chi connectivity index (χ3n) is 2.90. The Kier molecular flexibility index (Phi) is 4.08. The average Bonchev–Trinajstić information content (AvgIpc) is 2.64. The lowest BCUT2D eigenvalue weighted by Gasteiger charge is -2.29. The smallest absolute Gasteiger partial charge is 0.0591 e. The molecule has 1 N–H and O–H groups in total. The van der Waals surface area contributed by atoms with Crippen LogP contribution in [0.1, 0.15) is 32.6 Å². The minimum atomic E-state index is -1.38. The highest BCUT2D eigenvalue weighted by molar-refractivity contribution is 5.80. The molecule has 1 fully saturated rings. The minimum Gasteiger partial charge on any atom is -0.550 e. The topological polar surface area (TPSA) is 92.3 Å². The Bertz CT molecular complexity index is 248. The van der Waals surface area contributed by atoms with E-state index in [-0.39, 0.29) is 6.04 Å². The summed E-state index contributed by atoms with van der Waals surface area (Å²) >= 11 is 0. The lowest BCUT2D eigenvalue weighted by Crippen LogP contribution is -2.56. The number of carboxylic acids is 2. The molecule has 0 spiro atoms. The molecule has 0 aromatic rings. The number of carboxylic acid groups (broad SMARTS) is 2. The molecule has 2 unspecified atom stereocenters. The third-order valence-corrected chi connectivity index (χ3v) is 2.90. The van der Waals surface area contributed by atoms with E-state index >= 15 is 0 Å². The van der Waals surface area contributed by atoms with Crippen molar-refractivity contribution >= 4 is 11.9 Å². The first kappa shape index (κ1) is 12.0. The zero-order valence-corrected chi connectivity index (χ0v) is 8.69. The number of carbonyl (C=O) groups excluding carboxylic acids is 2. The highest BCUT2D eigenvalue weighted by Crippen LogP contribution is 2.19. The van der Waals surface area contributed by atoms with Crippen molar-refractivity contribution in [3.8, 4) is 0 Å². The van der Waals surface area contributed by atoms with Crippen LogP contribution in [-0.4, -0.2) is 24.0 Å². The van der Waals surface area contributed by atoms with Crippen LogP contribution in [0.2, 0.25) is 0 Å². The molecule has 0 heterocycles. The van der Waals surface area contributed by atoms with Gasteiger partial charge in [-0.15, -0.1) is 0 Å². The van der Waals surface area contributed by atoms with Gasteiger partial charge >= 0.3 is 0 Å². The first-order valence-electron chi connectivity index (χ1n) is 5.20. The van der Waals surface area contributed by atoms with Crippen LogP contribution in [0.3, 0.4) is 0 Å². The number of hydrogen-bond donors (Lipinski definition) is 1. The van der Waals surface area contributed by atoms with Gasteiger partial charge in [-0.3, -0.25) is 0 Å². The molecule has 0 saturated heterocycles. The van der Waals surface area contributed by atoms with Crippen LogP contribution in [0.15, 0.2) is 0 Å². The van der Waals surface area contributed by atoms with Crippen LogP contribution in [0.4, 0.5) is 0 Å². The number of carbonyl (C=O) groups is 2. The van der Waals surface area contributed by atoms with Gasteiger partial charge in [0, 0.05) is 17.9 Å². The van der Waals surface area contributed by atoms with Gasteiger partial charge in [-0.1, -0.05) is 19.8 Å². The van der Waals surface area contributed by atoms with Gasteiger partial charge in [0.2, 0.25) is 0 Å². The molecule has 0 aliphatic heterocycles. The summed E-state index contributed by atoms with van der Waals surface area (Å²) in [6.45, 7) is 1.32. The largest absolute Gasteiger partial charge is 0.550 e. The normalized spacial score (nSPS) is 21.1. The fraction of sp³-hybridized carbons (Fsp3) is 0.800. The standard InChI is InChI=1S/C10H17NO4/c1-6(9(12)13)8(10(14)15)11-7-4-2-3-5-7/h6-8,11H,2-5H2,1H3,(H,12,13)(H,14,15)/p-2. The highest BCUT2D eigenvalue weighted by atomic mass is 16.4. The Morgan fingerprint density at radius 2 is 1.73 bits per heavy atom. The van der Waals surface area contributed by atoms with E-state index in [4.69, 9.17) is 0 Å². The molecule has 0 aromatic heterocycles. The van der Waals surface area contributed by atoms with Crippen LogP contribution in [0.25, 0.3) is 0 Å². The maximum atomic E-state index is 10.8. The Morgan fingerprint density at radius 3 is 2.13 bits per heavy atom. The van der Waals surface area contributed by atoms with Gasteiger partial charge in [0.1, 0.15) is 0 Å². The number of hydrogen-bond acceptors (Lipinski definition) is 5. The summed E-state index contributed by atoms with van der Waals surface area (Å²) < 4.78 is 0. The second-order valence-corrected chi connectivity index (χ2v) is 4.05. The van der Waals surface area contributed by atoms with E-state index in [9.17, 15) is 19.8 Å². The molecule has 1 saturated carbocycles. The Hall–Kier alpha value is -1.10. The summed E-state index contributed by atoms with van der Waals surface area (Å²) in [5.74, 6) is -3.82. The van der Waals surface area contributed by atoms with Gasteiger partial charge in [-0.25, -0.2) is 0 Å².